The molecule has 1 spiro atoms. The van der Waals surface area contributed by atoms with Gasteiger partial charge in [0.25, 0.3) is 5.91 Å². The summed E-state index contributed by atoms with van der Waals surface area (Å²) in [6, 6.07) is 6.94. The zero-order valence-electron chi connectivity index (χ0n) is 17.5. The Morgan fingerprint density at radius 2 is 1.81 bits per heavy atom. The van der Waals surface area contributed by atoms with Gasteiger partial charge in [0.2, 0.25) is 23.3 Å². The number of benzene rings is 1. The Morgan fingerprint density at radius 3 is 2.52 bits per heavy atom. The van der Waals surface area contributed by atoms with Gasteiger partial charge in [0.1, 0.15) is 17.9 Å². The Labute approximate surface area is 180 Å². The molecule has 31 heavy (non-hydrogen) atoms. The number of quaternary nitrogens is 1. The predicted molar refractivity (Wildman–Crippen MR) is 111 cm³/mol. The fraction of sp³-hybridized carbons (Fsp3) is 0.565. The minimum Gasteiger partial charge on any atom is -0.370 e. The molecule has 1 aliphatic carbocycles. The molecule has 1 aromatic rings. The van der Waals surface area contributed by atoms with E-state index in [2.05, 4.69) is 5.32 Å². The van der Waals surface area contributed by atoms with Gasteiger partial charge < -0.3 is 16.4 Å². The molecule has 8 nitrogen and oxygen atoms in total. The van der Waals surface area contributed by atoms with Gasteiger partial charge >= 0.3 is 0 Å². The Balaban J connectivity index is 1.58. The number of anilines is 1. The zero-order chi connectivity index (χ0) is 21.8. The lowest BCUT2D eigenvalue weighted by molar-refractivity contribution is -0.734. The van der Waals surface area contributed by atoms with Gasteiger partial charge in [0, 0.05) is 24.4 Å². The highest BCUT2D eigenvalue weighted by atomic mass is 16.2. The summed E-state index contributed by atoms with van der Waals surface area (Å²) in [4.78, 5) is 53.8. The fourth-order valence-electron chi connectivity index (χ4n) is 6.39. The Bertz CT molecular complexity index is 955. The minimum atomic E-state index is -1.17. The minimum absolute atomic E-state index is 0.0957. The Hall–Kier alpha value is -2.74. The monoisotopic (exact) mass is 425 g/mol. The molecule has 0 aromatic heterocycles. The normalized spacial score (nSPS) is 32.8. The number of hydrogen-bond acceptors (Lipinski definition) is 4. The van der Waals surface area contributed by atoms with Gasteiger partial charge in [-0.15, -0.1) is 0 Å². The maximum atomic E-state index is 13.8. The number of nitrogens with one attached hydrogen (secondary N) is 1. The number of amides is 4. The topological polar surface area (TPSA) is 126 Å². The molecule has 5 N–H and O–H groups in total. The largest absolute Gasteiger partial charge is 0.370 e. The summed E-state index contributed by atoms with van der Waals surface area (Å²) in [6.45, 7) is 0. The number of rotatable bonds is 4. The first-order valence-corrected chi connectivity index (χ1v) is 11.4. The second-order valence-electron chi connectivity index (χ2n) is 9.40. The number of carbonyl (C=O) groups excluding carboxylic acids is 4. The predicted octanol–water partition coefficient (Wildman–Crippen LogP) is 0.369. The smallest absolute Gasteiger partial charge is 0.291 e. The summed E-state index contributed by atoms with van der Waals surface area (Å²) in [5.41, 5.74) is 5.65. The van der Waals surface area contributed by atoms with Crippen molar-refractivity contribution >= 4 is 29.3 Å². The molecule has 4 aliphatic rings. The highest BCUT2D eigenvalue weighted by Gasteiger charge is 2.74. The van der Waals surface area contributed by atoms with Crippen molar-refractivity contribution in [3.63, 3.8) is 0 Å². The molecule has 1 aromatic carbocycles. The van der Waals surface area contributed by atoms with Gasteiger partial charge in [0.15, 0.2) is 0 Å². The summed E-state index contributed by atoms with van der Waals surface area (Å²) in [5, 5.41) is 4.79. The summed E-state index contributed by atoms with van der Waals surface area (Å²) in [5.74, 6) is -2.49. The molecule has 3 fully saturated rings. The molecule has 0 bridgehead atoms. The number of primary amides is 1. The Kier molecular flexibility index (Phi) is 4.84. The maximum Gasteiger partial charge on any atom is 0.291 e. The molecule has 3 aliphatic heterocycles. The summed E-state index contributed by atoms with van der Waals surface area (Å²) in [6.07, 6.45) is 6.37. The van der Waals surface area contributed by atoms with E-state index in [1.165, 1.54) is 4.90 Å². The lowest BCUT2D eigenvalue weighted by atomic mass is 9.76. The number of nitrogens with two attached hydrogens (primary N) is 2. The number of imide groups is 1. The van der Waals surface area contributed by atoms with Crippen LogP contribution in [0.25, 0.3) is 0 Å². The van der Waals surface area contributed by atoms with Gasteiger partial charge in [-0.05, 0) is 18.9 Å². The third-order valence-electron chi connectivity index (χ3n) is 7.72. The van der Waals surface area contributed by atoms with Crippen LogP contribution in [-0.2, 0) is 24.7 Å². The van der Waals surface area contributed by atoms with Crippen molar-refractivity contribution in [3.8, 4) is 0 Å². The molecular formula is C23H29N4O4+. The van der Waals surface area contributed by atoms with Crippen LogP contribution in [0.1, 0.15) is 56.9 Å². The quantitative estimate of drug-likeness (QED) is 0.476. The van der Waals surface area contributed by atoms with Crippen LogP contribution in [0.3, 0.4) is 0 Å². The first-order valence-electron chi connectivity index (χ1n) is 11.4. The Morgan fingerprint density at radius 1 is 1.10 bits per heavy atom. The van der Waals surface area contributed by atoms with Crippen molar-refractivity contribution in [2.24, 2.45) is 17.6 Å². The van der Waals surface area contributed by atoms with Gasteiger partial charge in [-0.25, -0.2) is 0 Å². The van der Waals surface area contributed by atoms with Crippen molar-refractivity contribution in [1.82, 2.24) is 4.90 Å². The van der Waals surface area contributed by atoms with Gasteiger partial charge in [-0.1, -0.05) is 43.9 Å². The van der Waals surface area contributed by atoms with E-state index in [1.54, 1.807) is 0 Å². The van der Waals surface area contributed by atoms with Gasteiger partial charge in [-0.3, -0.25) is 24.1 Å². The maximum absolute atomic E-state index is 13.8. The average molecular weight is 426 g/mol. The highest BCUT2D eigenvalue weighted by Crippen LogP contribution is 2.50. The van der Waals surface area contributed by atoms with E-state index in [4.69, 9.17) is 5.73 Å². The lowest BCUT2D eigenvalue weighted by Gasteiger charge is -2.30. The number of nitrogens with zero attached hydrogens (tertiary/aromatic N) is 1. The molecule has 4 atom stereocenters. The molecule has 0 unspecified atom stereocenters. The summed E-state index contributed by atoms with van der Waals surface area (Å²) >= 11 is 0. The van der Waals surface area contributed by atoms with Crippen LogP contribution in [-0.4, -0.2) is 40.6 Å². The number of para-hydroxylation sites is 1. The van der Waals surface area contributed by atoms with Crippen molar-refractivity contribution < 1.29 is 24.5 Å². The number of hydrogen-bond donors (Lipinski definition) is 3. The second-order valence-corrected chi connectivity index (χ2v) is 9.40. The third-order valence-corrected chi connectivity index (χ3v) is 7.72. The molecule has 164 valence electrons. The van der Waals surface area contributed by atoms with Crippen molar-refractivity contribution in [2.45, 2.75) is 69.0 Å². The second kappa shape index (κ2) is 7.44. The highest BCUT2D eigenvalue weighted by molar-refractivity contribution is 6.14. The molecule has 1 saturated carbocycles. The van der Waals surface area contributed by atoms with Gasteiger partial charge in [0.05, 0.1) is 5.69 Å². The van der Waals surface area contributed by atoms with E-state index in [0.29, 0.717) is 12.1 Å². The molecule has 3 heterocycles. The first-order chi connectivity index (χ1) is 14.9. The van der Waals surface area contributed by atoms with Crippen LogP contribution in [0.5, 0.6) is 0 Å². The average Bonchev–Trinajstić information content (AvgIpc) is 3.21. The SMILES string of the molecule is NC(=O)CC[C@H]1[NH2+][C@@]2(C(=O)Nc3ccccc32)[C@@H]2C(=O)N(C3CCCCCC3)C(=O)[C@@H]21. The molecule has 2 saturated heterocycles. The van der Waals surface area contributed by atoms with Crippen molar-refractivity contribution in [2.75, 3.05) is 5.32 Å². The van der Waals surface area contributed by atoms with E-state index in [-0.39, 0.29) is 36.2 Å². The van der Waals surface area contributed by atoms with Crippen molar-refractivity contribution in [3.05, 3.63) is 29.8 Å². The van der Waals surface area contributed by atoms with E-state index in [9.17, 15) is 19.2 Å². The molecule has 8 heteroatoms. The van der Waals surface area contributed by atoms with Crippen LogP contribution in [0.15, 0.2) is 24.3 Å². The first kappa shape index (κ1) is 20.2. The van der Waals surface area contributed by atoms with Gasteiger partial charge in [-0.2, -0.15) is 0 Å². The standard InChI is InChI=1S/C23H28N4O4/c24-17(28)12-11-16-18-19(21(30)27(20(18)29)13-7-3-1-2-4-8-13)23(26-16)14-9-5-6-10-15(14)25-22(23)31/h5-6,9-10,13,16,18-19,26H,1-4,7-8,11-12H2,(H2,24,28)(H,25,31)/p+1/t16-,18-,19+,23-/m1/s1. The zero-order valence-corrected chi connectivity index (χ0v) is 17.5. The third kappa shape index (κ3) is 2.91. The van der Waals surface area contributed by atoms with E-state index in [1.807, 2.05) is 29.6 Å². The number of carbonyl (C=O) groups is 4. The summed E-state index contributed by atoms with van der Waals surface area (Å²) in [7, 11) is 0. The number of likely N-dealkylation sites (tertiary alicyclic amines) is 1. The van der Waals surface area contributed by atoms with E-state index >= 15 is 0 Å². The van der Waals surface area contributed by atoms with Crippen LogP contribution < -0.4 is 16.4 Å². The van der Waals surface area contributed by atoms with Crippen LogP contribution in [0.2, 0.25) is 0 Å². The fourth-order valence-corrected chi connectivity index (χ4v) is 6.39. The molecule has 4 amide bonds. The molecular weight excluding hydrogens is 396 g/mol. The molecule has 5 rings (SSSR count). The van der Waals surface area contributed by atoms with Crippen LogP contribution in [0.4, 0.5) is 5.69 Å². The summed E-state index contributed by atoms with van der Waals surface area (Å²) < 4.78 is 0. The lowest BCUT2D eigenvalue weighted by Crippen LogP contribution is -2.99. The van der Waals surface area contributed by atoms with Crippen molar-refractivity contribution in [1.29, 1.82) is 0 Å². The van der Waals surface area contributed by atoms with E-state index < -0.39 is 23.3 Å². The number of fused-ring (bicyclic) bond motifs is 4. The van der Waals surface area contributed by atoms with Crippen LogP contribution >= 0.6 is 0 Å². The molecule has 0 radical (unpaired) electrons. The van der Waals surface area contributed by atoms with Crippen LogP contribution in [0, 0.1) is 11.8 Å². The van der Waals surface area contributed by atoms with E-state index in [0.717, 1.165) is 44.1 Å².